The highest BCUT2D eigenvalue weighted by Crippen LogP contribution is 2.51. The lowest BCUT2D eigenvalue weighted by atomic mass is 9.77. The third kappa shape index (κ3) is 1.12. The zero-order valence-corrected chi connectivity index (χ0v) is 9.12. The fraction of sp³-hybridized carbons (Fsp3) is 0.727. The highest BCUT2D eigenvalue weighted by molar-refractivity contribution is 5.13. The Bertz CT molecular complexity index is 343. The summed E-state index contributed by atoms with van der Waals surface area (Å²) < 4.78 is 1.92. The van der Waals surface area contributed by atoms with Crippen LogP contribution in [0.1, 0.15) is 38.9 Å². The smallest absolute Gasteiger partial charge is 0.141 e. The summed E-state index contributed by atoms with van der Waals surface area (Å²) in [6, 6.07) is 0. The van der Waals surface area contributed by atoms with E-state index in [4.69, 9.17) is 0 Å². The standard InChI is InChI=1S/C11H18N2O/c1-10(2)5-4-6-11(10,14)9-12-7-8-13(9)3/h7-8,14H,4-6H2,1-3H3. The van der Waals surface area contributed by atoms with Crippen LogP contribution >= 0.6 is 0 Å². The van der Waals surface area contributed by atoms with Crippen LogP contribution in [0.15, 0.2) is 12.4 Å². The number of aliphatic hydroxyl groups is 1. The van der Waals surface area contributed by atoms with Gasteiger partial charge in [-0.3, -0.25) is 0 Å². The van der Waals surface area contributed by atoms with Crippen molar-refractivity contribution < 1.29 is 5.11 Å². The van der Waals surface area contributed by atoms with E-state index in [1.165, 1.54) is 0 Å². The molecule has 0 amide bonds. The lowest BCUT2D eigenvalue weighted by Crippen LogP contribution is -2.39. The van der Waals surface area contributed by atoms with E-state index < -0.39 is 5.60 Å². The van der Waals surface area contributed by atoms with Crippen molar-refractivity contribution in [3.8, 4) is 0 Å². The zero-order valence-electron chi connectivity index (χ0n) is 9.12. The number of rotatable bonds is 1. The molecule has 2 rings (SSSR count). The normalized spacial score (nSPS) is 30.9. The SMILES string of the molecule is Cn1ccnc1C1(O)CCCC1(C)C. The van der Waals surface area contributed by atoms with Gasteiger partial charge in [-0.1, -0.05) is 13.8 Å². The van der Waals surface area contributed by atoms with Crippen molar-refractivity contribution in [3.05, 3.63) is 18.2 Å². The van der Waals surface area contributed by atoms with E-state index in [2.05, 4.69) is 18.8 Å². The molecule has 1 heterocycles. The summed E-state index contributed by atoms with van der Waals surface area (Å²) in [5.41, 5.74) is -0.808. The molecule has 1 N–H and O–H groups in total. The molecular formula is C11H18N2O. The second kappa shape index (κ2) is 2.83. The van der Waals surface area contributed by atoms with Crippen LogP contribution < -0.4 is 0 Å². The summed E-state index contributed by atoms with van der Waals surface area (Å²) in [5, 5.41) is 10.7. The molecular weight excluding hydrogens is 176 g/mol. The largest absolute Gasteiger partial charge is 0.381 e. The van der Waals surface area contributed by atoms with E-state index in [9.17, 15) is 5.11 Å². The lowest BCUT2D eigenvalue weighted by molar-refractivity contribution is -0.0580. The molecule has 0 spiro atoms. The molecule has 3 heteroatoms. The first kappa shape index (κ1) is 9.71. The van der Waals surface area contributed by atoms with Crippen LogP contribution in [0.5, 0.6) is 0 Å². The van der Waals surface area contributed by atoms with Crippen molar-refractivity contribution in [2.24, 2.45) is 12.5 Å². The summed E-state index contributed by atoms with van der Waals surface area (Å²) in [7, 11) is 1.94. The van der Waals surface area contributed by atoms with Gasteiger partial charge in [0.05, 0.1) is 0 Å². The van der Waals surface area contributed by atoms with Gasteiger partial charge in [0.15, 0.2) is 0 Å². The van der Waals surface area contributed by atoms with Gasteiger partial charge in [-0.2, -0.15) is 0 Å². The minimum Gasteiger partial charge on any atom is -0.381 e. The quantitative estimate of drug-likeness (QED) is 0.740. The minimum atomic E-state index is -0.745. The average Bonchev–Trinajstić information content (AvgIpc) is 2.59. The fourth-order valence-electron chi connectivity index (χ4n) is 2.51. The zero-order chi connectivity index (χ0) is 10.4. The number of aryl methyl sites for hydroxylation is 1. The molecule has 0 radical (unpaired) electrons. The number of aromatic nitrogens is 2. The van der Waals surface area contributed by atoms with Crippen LogP contribution in [0.3, 0.4) is 0 Å². The Morgan fingerprint density at radius 2 is 2.14 bits per heavy atom. The van der Waals surface area contributed by atoms with Crippen molar-refractivity contribution in [3.63, 3.8) is 0 Å². The number of hydrogen-bond donors (Lipinski definition) is 1. The Hall–Kier alpha value is -0.830. The molecule has 1 saturated carbocycles. The Kier molecular flexibility index (Phi) is 1.96. The van der Waals surface area contributed by atoms with Gasteiger partial charge >= 0.3 is 0 Å². The Morgan fingerprint density at radius 3 is 2.57 bits per heavy atom. The molecule has 3 nitrogen and oxygen atoms in total. The first-order valence-corrected chi connectivity index (χ1v) is 5.17. The van der Waals surface area contributed by atoms with Gasteiger partial charge in [0.1, 0.15) is 11.4 Å². The van der Waals surface area contributed by atoms with E-state index in [1.807, 2.05) is 17.8 Å². The maximum Gasteiger partial charge on any atom is 0.141 e. The highest BCUT2D eigenvalue weighted by atomic mass is 16.3. The first-order chi connectivity index (χ1) is 6.47. The molecule has 1 aliphatic rings. The molecule has 0 aromatic carbocycles. The summed E-state index contributed by atoms with van der Waals surface area (Å²) in [4.78, 5) is 4.28. The Labute approximate surface area is 84.8 Å². The monoisotopic (exact) mass is 194 g/mol. The predicted octanol–water partition coefficient (Wildman–Crippen LogP) is 1.82. The van der Waals surface area contributed by atoms with Gasteiger partial charge in [0, 0.05) is 24.9 Å². The molecule has 1 atom stereocenters. The maximum absolute atomic E-state index is 10.7. The summed E-state index contributed by atoms with van der Waals surface area (Å²) in [6.07, 6.45) is 6.61. The summed E-state index contributed by atoms with van der Waals surface area (Å²) >= 11 is 0. The van der Waals surface area contributed by atoms with E-state index >= 15 is 0 Å². The Morgan fingerprint density at radius 1 is 1.43 bits per heavy atom. The van der Waals surface area contributed by atoms with Crippen LogP contribution in [0.2, 0.25) is 0 Å². The van der Waals surface area contributed by atoms with Crippen molar-refractivity contribution in [2.45, 2.75) is 38.7 Å². The topological polar surface area (TPSA) is 38.0 Å². The van der Waals surface area contributed by atoms with Crippen LogP contribution in [0, 0.1) is 5.41 Å². The number of nitrogens with zero attached hydrogens (tertiary/aromatic N) is 2. The van der Waals surface area contributed by atoms with Gasteiger partial charge in [0.25, 0.3) is 0 Å². The van der Waals surface area contributed by atoms with E-state index in [1.54, 1.807) is 6.20 Å². The maximum atomic E-state index is 10.7. The van der Waals surface area contributed by atoms with Gasteiger partial charge in [0.2, 0.25) is 0 Å². The lowest BCUT2D eigenvalue weighted by Gasteiger charge is -2.35. The molecule has 1 aromatic rings. The van der Waals surface area contributed by atoms with Crippen LogP contribution in [-0.4, -0.2) is 14.7 Å². The van der Waals surface area contributed by atoms with E-state index in [0.717, 1.165) is 25.1 Å². The molecule has 0 saturated heterocycles. The molecule has 1 aliphatic carbocycles. The third-order valence-electron chi connectivity index (χ3n) is 3.65. The second-order valence-electron chi connectivity index (χ2n) is 4.96. The van der Waals surface area contributed by atoms with Gasteiger partial charge < -0.3 is 9.67 Å². The van der Waals surface area contributed by atoms with Crippen molar-refractivity contribution >= 4 is 0 Å². The van der Waals surface area contributed by atoms with E-state index in [-0.39, 0.29) is 5.41 Å². The molecule has 0 aliphatic heterocycles. The Balaban J connectivity index is 2.47. The summed E-state index contributed by atoms with van der Waals surface area (Å²) in [6.45, 7) is 4.24. The van der Waals surface area contributed by atoms with Crippen molar-refractivity contribution in [1.82, 2.24) is 9.55 Å². The van der Waals surface area contributed by atoms with Gasteiger partial charge in [-0.25, -0.2) is 4.98 Å². The first-order valence-electron chi connectivity index (χ1n) is 5.17. The number of hydrogen-bond acceptors (Lipinski definition) is 2. The number of imidazole rings is 1. The second-order valence-corrected chi connectivity index (χ2v) is 4.96. The van der Waals surface area contributed by atoms with Crippen molar-refractivity contribution in [2.75, 3.05) is 0 Å². The fourth-order valence-corrected chi connectivity index (χ4v) is 2.51. The van der Waals surface area contributed by atoms with Gasteiger partial charge in [-0.05, 0) is 19.3 Å². The minimum absolute atomic E-state index is 0.0634. The molecule has 1 aromatic heterocycles. The van der Waals surface area contributed by atoms with E-state index in [0.29, 0.717) is 0 Å². The third-order valence-corrected chi connectivity index (χ3v) is 3.65. The van der Waals surface area contributed by atoms with Crippen LogP contribution in [-0.2, 0) is 12.6 Å². The van der Waals surface area contributed by atoms with Crippen molar-refractivity contribution in [1.29, 1.82) is 0 Å². The highest BCUT2D eigenvalue weighted by Gasteiger charge is 2.50. The predicted molar refractivity (Wildman–Crippen MR) is 54.7 cm³/mol. The molecule has 78 valence electrons. The molecule has 0 bridgehead atoms. The summed E-state index contributed by atoms with van der Waals surface area (Å²) in [5.74, 6) is 0.806. The van der Waals surface area contributed by atoms with Gasteiger partial charge in [-0.15, -0.1) is 0 Å². The van der Waals surface area contributed by atoms with Crippen LogP contribution in [0.25, 0.3) is 0 Å². The molecule has 14 heavy (non-hydrogen) atoms. The van der Waals surface area contributed by atoms with Crippen LogP contribution in [0.4, 0.5) is 0 Å². The molecule has 1 unspecified atom stereocenters. The molecule has 1 fully saturated rings. The average molecular weight is 194 g/mol.